The molecule has 0 saturated carbocycles. The normalized spacial score (nSPS) is 9.61. The first-order chi connectivity index (χ1) is 9.20. The van der Waals surface area contributed by atoms with Gasteiger partial charge < -0.3 is 24.4 Å². The second-order valence-electron chi connectivity index (χ2n) is 3.18. The molecule has 7 nitrogen and oxygen atoms in total. The molecule has 1 aromatic rings. The first-order valence-corrected chi connectivity index (χ1v) is 6.47. The van der Waals surface area contributed by atoms with Crippen LogP contribution >= 0.6 is 0 Å². The summed E-state index contributed by atoms with van der Waals surface area (Å²) >= 11 is 0. The third-order valence-corrected chi connectivity index (χ3v) is 2.05. The average Bonchev–Trinajstić information content (AvgIpc) is 2.35. The van der Waals surface area contributed by atoms with Crippen molar-refractivity contribution in [3.05, 3.63) is 53.5 Å². The zero-order chi connectivity index (χ0) is 15.6. The van der Waals surface area contributed by atoms with E-state index in [0.717, 1.165) is 0 Å². The number of carbonyl (C=O) groups is 2. The zero-order valence-corrected chi connectivity index (χ0v) is 19.8. The molecule has 0 aliphatic carbocycles. The molecule has 1 aromatic carbocycles. The minimum atomic E-state index is -4.25. The van der Waals surface area contributed by atoms with Crippen LogP contribution in [-0.2, 0) is 19.7 Å². The summed E-state index contributed by atoms with van der Waals surface area (Å²) in [6, 6.07) is 8.75. The second kappa shape index (κ2) is 17.4. The van der Waals surface area contributed by atoms with Crippen LogP contribution in [0.25, 0.3) is 6.08 Å². The van der Waals surface area contributed by atoms with E-state index in [9.17, 15) is 32.8 Å². The van der Waals surface area contributed by atoms with E-state index in [-0.39, 0.29) is 88.7 Å². The molecular formula is C12H9Na3O7S. The van der Waals surface area contributed by atoms with Gasteiger partial charge in [-0.15, -0.1) is 0 Å². The van der Waals surface area contributed by atoms with Crippen LogP contribution in [0.15, 0.2) is 47.9 Å². The SMILES string of the molecule is O=C([O-])C=CC(=O)[O-].O=S(=O)([O-])C=Cc1ccccc1.[Na+].[Na+].[Na+]. The first-order valence-electron chi connectivity index (χ1n) is 5.00. The Labute approximate surface area is 200 Å². The molecule has 1 rings (SSSR count). The number of carbonyl (C=O) groups excluding carboxylic acids is 2. The molecule has 23 heavy (non-hydrogen) atoms. The number of aliphatic carboxylic acids is 2. The van der Waals surface area contributed by atoms with Crippen molar-refractivity contribution >= 4 is 28.1 Å². The monoisotopic (exact) mass is 366 g/mol. The van der Waals surface area contributed by atoms with Gasteiger partial charge in [-0.3, -0.25) is 0 Å². The molecule has 0 atom stereocenters. The van der Waals surface area contributed by atoms with Gasteiger partial charge in [0, 0.05) is 5.41 Å². The third kappa shape index (κ3) is 24.9. The van der Waals surface area contributed by atoms with Crippen molar-refractivity contribution < 1.29 is 121 Å². The number of benzene rings is 1. The van der Waals surface area contributed by atoms with Crippen molar-refractivity contribution in [2.75, 3.05) is 0 Å². The smallest absolute Gasteiger partial charge is 0.744 e. The largest absolute Gasteiger partial charge is 1.00 e. The van der Waals surface area contributed by atoms with Crippen LogP contribution < -0.4 is 98.9 Å². The van der Waals surface area contributed by atoms with Gasteiger partial charge in [0.1, 0.15) is 10.1 Å². The summed E-state index contributed by atoms with van der Waals surface area (Å²) in [6.07, 6.45) is 2.03. The second-order valence-corrected chi connectivity index (χ2v) is 4.44. The van der Waals surface area contributed by atoms with Crippen LogP contribution in [0.2, 0.25) is 0 Å². The van der Waals surface area contributed by atoms with Crippen molar-refractivity contribution in [3.8, 4) is 0 Å². The molecule has 0 spiro atoms. The van der Waals surface area contributed by atoms with Crippen molar-refractivity contribution in [2.24, 2.45) is 0 Å². The van der Waals surface area contributed by atoms with Gasteiger partial charge in [0.2, 0.25) is 0 Å². The number of carboxylic acids is 2. The molecule has 0 aromatic heterocycles. The van der Waals surface area contributed by atoms with Crippen LogP contribution in [-0.4, -0.2) is 24.9 Å². The van der Waals surface area contributed by atoms with E-state index in [1.807, 2.05) is 6.07 Å². The molecule has 0 aliphatic heterocycles. The maximum Gasteiger partial charge on any atom is 1.00 e. The minimum absolute atomic E-state index is 0. The summed E-state index contributed by atoms with van der Waals surface area (Å²) in [7, 11) is -4.25. The first kappa shape index (κ1) is 31.3. The molecule has 0 unspecified atom stereocenters. The Morgan fingerprint density at radius 3 is 1.57 bits per heavy atom. The number of hydrogen-bond donors (Lipinski definition) is 0. The minimum Gasteiger partial charge on any atom is -0.744 e. The van der Waals surface area contributed by atoms with Crippen LogP contribution in [0.5, 0.6) is 0 Å². The predicted molar refractivity (Wildman–Crippen MR) is 64.3 cm³/mol. The molecule has 11 heteroatoms. The zero-order valence-electron chi connectivity index (χ0n) is 13.0. The predicted octanol–water partition coefficient (Wildman–Crippen LogP) is -10.7. The van der Waals surface area contributed by atoms with E-state index in [1.54, 1.807) is 24.3 Å². The van der Waals surface area contributed by atoms with Gasteiger partial charge in [-0.2, -0.15) is 0 Å². The maximum absolute atomic E-state index is 10.2. The summed E-state index contributed by atoms with van der Waals surface area (Å²) in [5.41, 5.74) is 0.692. The Kier molecular flexibility index (Phi) is 23.7. The summed E-state index contributed by atoms with van der Waals surface area (Å²) in [5, 5.41) is 19.5. The van der Waals surface area contributed by atoms with Crippen molar-refractivity contribution in [1.29, 1.82) is 0 Å². The quantitative estimate of drug-likeness (QED) is 0.293. The van der Waals surface area contributed by atoms with Crippen molar-refractivity contribution in [1.82, 2.24) is 0 Å². The fourth-order valence-electron chi connectivity index (χ4n) is 0.862. The van der Waals surface area contributed by atoms with Crippen LogP contribution in [0.4, 0.5) is 0 Å². The Balaban J connectivity index is -0.000000148. The van der Waals surface area contributed by atoms with E-state index in [1.165, 1.54) is 6.08 Å². The fraction of sp³-hybridized carbons (Fsp3) is 0. The number of hydrogen-bond acceptors (Lipinski definition) is 7. The van der Waals surface area contributed by atoms with Crippen LogP contribution in [0.3, 0.4) is 0 Å². The van der Waals surface area contributed by atoms with Gasteiger partial charge in [0.25, 0.3) is 0 Å². The molecule has 0 aliphatic rings. The van der Waals surface area contributed by atoms with Gasteiger partial charge in [0.15, 0.2) is 0 Å². The molecule has 0 bridgehead atoms. The average molecular weight is 366 g/mol. The van der Waals surface area contributed by atoms with E-state index >= 15 is 0 Å². The van der Waals surface area contributed by atoms with Crippen molar-refractivity contribution in [2.45, 2.75) is 0 Å². The van der Waals surface area contributed by atoms with Gasteiger partial charge in [0.05, 0.1) is 11.9 Å². The molecule has 0 heterocycles. The number of carboxylic acid groups (broad SMARTS) is 2. The van der Waals surface area contributed by atoms with E-state index in [0.29, 0.717) is 23.1 Å². The van der Waals surface area contributed by atoms with Crippen LogP contribution in [0.1, 0.15) is 5.56 Å². The summed E-state index contributed by atoms with van der Waals surface area (Å²) in [6.45, 7) is 0. The Morgan fingerprint density at radius 1 is 0.870 bits per heavy atom. The molecule has 0 amide bonds. The van der Waals surface area contributed by atoms with Crippen LogP contribution in [0, 0.1) is 0 Å². The van der Waals surface area contributed by atoms with Crippen molar-refractivity contribution in [3.63, 3.8) is 0 Å². The van der Waals surface area contributed by atoms with Gasteiger partial charge >= 0.3 is 88.7 Å². The van der Waals surface area contributed by atoms with Gasteiger partial charge in [-0.1, -0.05) is 30.3 Å². The topological polar surface area (TPSA) is 137 Å². The van der Waals surface area contributed by atoms with E-state index < -0.39 is 22.1 Å². The molecule has 0 fully saturated rings. The third-order valence-electron chi connectivity index (χ3n) is 1.58. The van der Waals surface area contributed by atoms with Gasteiger partial charge in [-0.25, -0.2) is 8.42 Å². The Bertz CT molecular complexity index is 597. The summed E-state index contributed by atoms with van der Waals surface area (Å²) < 4.78 is 30.5. The Morgan fingerprint density at radius 2 is 1.26 bits per heavy atom. The standard InChI is InChI=1S/C8H8O3S.C4H4O4.3Na/c9-12(10,11)7-6-8-4-2-1-3-5-8;5-3(6)1-2-4(7)8;;;/h1-7H,(H,9,10,11);1-2H,(H,5,6)(H,7,8);;;/q;;3*+1/p-3. The molecule has 0 N–H and O–H groups in total. The number of rotatable bonds is 4. The summed E-state index contributed by atoms with van der Waals surface area (Å²) in [5.74, 6) is -3.09. The van der Waals surface area contributed by atoms with Gasteiger partial charge in [-0.05, 0) is 23.8 Å². The fourth-order valence-corrected chi connectivity index (χ4v) is 1.19. The summed E-state index contributed by atoms with van der Waals surface area (Å²) in [4.78, 5) is 18.8. The van der Waals surface area contributed by atoms with E-state index in [2.05, 4.69) is 0 Å². The molecular weight excluding hydrogens is 357 g/mol. The maximum atomic E-state index is 10.2. The molecule has 0 saturated heterocycles. The van der Waals surface area contributed by atoms with E-state index in [4.69, 9.17) is 0 Å². The Hall–Kier alpha value is 0.550. The molecule has 0 radical (unpaired) electrons. The molecule has 108 valence electrons.